The summed E-state index contributed by atoms with van der Waals surface area (Å²) in [6.45, 7) is 0. The first kappa shape index (κ1) is 7.33. The van der Waals surface area contributed by atoms with E-state index in [-0.39, 0.29) is 0 Å². The zero-order valence-corrected chi connectivity index (χ0v) is 5.65. The van der Waals surface area contributed by atoms with E-state index in [2.05, 4.69) is 10.5 Å². The minimum atomic E-state index is -0.690. The van der Waals surface area contributed by atoms with E-state index in [0.29, 0.717) is 0 Å². The number of furan rings is 1. The second kappa shape index (κ2) is 3.40. The molecule has 0 spiro atoms. The summed E-state index contributed by atoms with van der Waals surface area (Å²) >= 11 is 0. The summed E-state index contributed by atoms with van der Waals surface area (Å²) in [6.07, 6.45) is 4.42. The number of carbonyl (C=O) groups is 1. The molecule has 0 radical (unpaired) electrons. The SMILES string of the molecule is NC(=O)NN=Cc1ccoc1. The topological polar surface area (TPSA) is 80.6 Å². The number of primary amides is 1. The minimum absolute atomic E-state index is 0.690. The molecule has 58 valence electrons. The number of hydrazone groups is 1. The number of hydrogen-bond donors (Lipinski definition) is 2. The lowest BCUT2D eigenvalue weighted by atomic mass is 10.4. The first-order valence-electron chi connectivity index (χ1n) is 2.90. The van der Waals surface area contributed by atoms with E-state index in [1.54, 1.807) is 6.07 Å². The van der Waals surface area contributed by atoms with E-state index in [1.165, 1.54) is 18.7 Å². The highest BCUT2D eigenvalue weighted by Crippen LogP contribution is 1.93. The molecule has 0 fully saturated rings. The minimum Gasteiger partial charge on any atom is -0.472 e. The van der Waals surface area contributed by atoms with Crippen molar-refractivity contribution < 1.29 is 9.21 Å². The highest BCUT2D eigenvalue weighted by Gasteiger charge is 1.87. The molecule has 3 N–H and O–H groups in total. The first-order valence-corrected chi connectivity index (χ1v) is 2.90. The summed E-state index contributed by atoms with van der Waals surface area (Å²) in [4.78, 5) is 10.1. The maximum absolute atomic E-state index is 10.1. The Bertz CT molecular complexity index is 253. The maximum Gasteiger partial charge on any atom is 0.332 e. The third kappa shape index (κ3) is 2.53. The zero-order chi connectivity index (χ0) is 8.10. The van der Waals surface area contributed by atoms with Gasteiger partial charge in [0, 0.05) is 5.56 Å². The van der Waals surface area contributed by atoms with E-state index in [0.717, 1.165) is 5.56 Å². The van der Waals surface area contributed by atoms with Crippen LogP contribution in [0.1, 0.15) is 5.56 Å². The number of urea groups is 1. The summed E-state index contributed by atoms with van der Waals surface area (Å²) in [5.74, 6) is 0. The summed E-state index contributed by atoms with van der Waals surface area (Å²) in [5, 5.41) is 3.50. The van der Waals surface area contributed by atoms with Crippen LogP contribution in [0.2, 0.25) is 0 Å². The van der Waals surface area contributed by atoms with Crippen molar-refractivity contribution >= 4 is 12.2 Å². The average molecular weight is 153 g/mol. The fourth-order valence-corrected chi connectivity index (χ4v) is 0.519. The fraction of sp³-hybridized carbons (Fsp3) is 0. The normalized spacial score (nSPS) is 10.2. The van der Waals surface area contributed by atoms with Crippen molar-refractivity contribution in [3.63, 3.8) is 0 Å². The highest BCUT2D eigenvalue weighted by molar-refractivity contribution is 5.80. The lowest BCUT2D eigenvalue weighted by Crippen LogP contribution is -2.24. The Kier molecular flexibility index (Phi) is 2.27. The Balaban J connectivity index is 2.43. The monoisotopic (exact) mass is 153 g/mol. The molecule has 0 aliphatic heterocycles. The molecule has 5 nitrogen and oxygen atoms in total. The van der Waals surface area contributed by atoms with Crippen LogP contribution in [0, 0.1) is 0 Å². The van der Waals surface area contributed by atoms with E-state index in [1.807, 2.05) is 0 Å². The molecule has 0 aliphatic carbocycles. The van der Waals surface area contributed by atoms with Gasteiger partial charge >= 0.3 is 6.03 Å². The molecule has 1 heterocycles. The zero-order valence-electron chi connectivity index (χ0n) is 5.65. The molecule has 0 unspecified atom stereocenters. The van der Waals surface area contributed by atoms with Crippen molar-refractivity contribution in [2.45, 2.75) is 0 Å². The largest absolute Gasteiger partial charge is 0.472 e. The Morgan fingerprint density at radius 2 is 2.64 bits per heavy atom. The molecule has 1 rings (SSSR count). The number of nitrogens with zero attached hydrogens (tertiary/aromatic N) is 1. The van der Waals surface area contributed by atoms with Crippen LogP contribution in [-0.2, 0) is 0 Å². The molecule has 5 heteroatoms. The van der Waals surface area contributed by atoms with Crippen molar-refractivity contribution in [2.24, 2.45) is 10.8 Å². The molecule has 1 aromatic rings. The molecular weight excluding hydrogens is 146 g/mol. The third-order valence-electron chi connectivity index (χ3n) is 0.932. The van der Waals surface area contributed by atoms with Gasteiger partial charge in [0.2, 0.25) is 0 Å². The van der Waals surface area contributed by atoms with E-state index in [4.69, 9.17) is 10.2 Å². The molecule has 11 heavy (non-hydrogen) atoms. The van der Waals surface area contributed by atoms with Gasteiger partial charge in [0.05, 0.1) is 18.7 Å². The van der Waals surface area contributed by atoms with Crippen molar-refractivity contribution in [3.05, 3.63) is 24.2 Å². The van der Waals surface area contributed by atoms with Crippen LogP contribution in [0.25, 0.3) is 0 Å². The fourth-order valence-electron chi connectivity index (χ4n) is 0.519. The standard InChI is InChI=1S/C6H7N3O2/c7-6(10)9-8-3-5-1-2-11-4-5/h1-4H,(H3,7,9,10). The Morgan fingerprint density at radius 1 is 1.82 bits per heavy atom. The van der Waals surface area contributed by atoms with Gasteiger partial charge in [-0.15, -0.1) is 0 Å². The summed E-state index contributed by atoms with van der Waals surface area (Å²) in [7, 11) is 0. The molecule has 0 aromatic carbocycles. The Hall–Kier alpha value is -1.78. The third-order valence-corrected chi connectivity index (χ3v) is 0.932. The van der Waals surface area contributed by atoms with Crippen LogP contribution in [-0.4, -0.2) is 12.2 Å². The van der Waals surface area contributed by atoms with Gasteiger partial charge in [0.15, 0.2) is 0 Å². The molecule has 0 saturated carbocycles. The van der Waals surface area contributed by atoms with Crippen LogP contribution in [0.3, 0.4) is 0 Å². The quantitative estimate of drug-likeness (QED) is 0.472. The van der Waals surface area contributed by atoms with Crippen LogP contribution < -0.4 is 11.2 Å². The second-order valence-electron chi connectivity index (χ2n) is 1.79. The molecule has 0 bridgehead atoms. The van der Waals surface area contributed by atoms with Gasteiger partial charge in [0.1, 0.15) is 0 Å². The molecular formula is C6H7N3O2. The predicted molar refractivity (Wildman–Crippen MR) is 39.0 cm³/mol. The summed E-state index contributed by atoms with van der Waals surface area (Å²) in [5.41, 5.74) is 7.56. The Labute approximate surface area is 62.9 Å². The lowest BCUT2D eigenvalue weighted by Gasteiger charge is -1.87. The van der Waals surface area contributed by atoms with Crippen LogP contribution >= 0.6 is 0 Å². The van der Waals surface area contributed by atoms with Gasteiger partial charge in [-0.05, 0) is 6.07 Å². The van der Waals surface area contributed by atoms with E-state index >= 15 is 0 Å². The maximum atomic E-state index is 10.1. The first-order chi connectivity index (χ1) is 5.29. The number of nitrogens with one attached hydrogen (secondary N) is 1. The molecule has 1 aromatic heterocycles. The van der Waals surface area contributed by atoms with Gasteiger partial charge in [0.25, 0.3) is 0 Å². The van der Waals surface area contributed by atoms with Crippen LogP contribution in [0.4, 0.5) is 4.79 Å². The van der Waals surface area contributed by atoms with Crippen LogP contribution in [0.5, 0.6) is 0 Å². The van der Waals surface area contributed by atoms with E-state index < -0.39 is 6.03 Å². The number of hydrogen-bond acceptors (Lipinski definition) is 3. The lowest BCUT2D eigenvalue weighted by molar-refractivity contribution is 0.249. The number of nitrogens with two attached hydrogens (primary N) is 1. The van der Waals surface area contributed by atoms with Gasteiger partial charge in [-0.25, -0.2) is 10.2 Å². The molecule has 2 amide bonds. The number of carbonyl (C=O) groups excluding carboxylic acids is 1. The van der Waals surface area contributed by atoms with Gasteiger partial charge < -0.3 is 10.2 Å². The van der Waals surface area contributed by atoms with Gasteiger partial charge in [-0.3, -0.25) is 0 Å². The smallest absolute Gasteiger partial charge is 0.332 e. The molecule has 0 atom stereocenters. The van der Waals surface area contributed by atoms with Crippen molar-refractivity contribution in [2.75, 3.05) is 0 Å². The molecule has 0 aliphatic rings. The predicted octanol–water partition coefficient (Wildman–Crippen LogP) is 0.282. The van der Waals surface area contributed by atoms with Crippen LogP contribution in [0.15, 0.2) is 28.1 Å². The highest BCUT2D eigenvalue weighted by atomic mass is 16.3. The van der Waals surface area contributed by atoms with Crippen molar-refractivity contribution in [3.8, 4) is 0 Å². The average Bonchev–Trinajstić information content (AvgIpc) is 2.39. The Morgan fingerprint density at radius 3 is 3.18 bits per heavy atom. The van der Waals surface area contributed by atoms with Gasteiger partial charge in [-0.2, -0.15) is 5.10 Å². The summed E-state index contributed by atoms with van der Waals surface area (Å²) in [6, 6.07) is 1.01. The number of amides is 2. The van der Waals surface area contributed by atoms with Crippen molar-refractivity contribution in [1.29, 1.82) is 0 Å². The number of rotatable bonds is 2. The van der Waals surface area contributed by atoms with E-state index in [9.17, 15) is 4.79 Å². The summed E-state index contributed by atoms with van der Waals surface area (Å²) < 4.78 is 4.74. The van der Waals surface area contributed by atoms with Crippen molar-refractivity contribution in [1.82, 2.24) is 5.43 Å². The second-order valence-corrected chi connectivity index (χ2v) is 1.79. The molecule has 0 saturated heterocycles. The van der Waals surface area contributed by atoms with Gasteiger partial charge in [-0.1, -0.05) is 0 Å².